The molecule has 7 heteroatoms. The second-order valence-corrected chi connectivity index (χ2v) is 5.92. The molecule has 3 aromatic rings. The van der Waals surface area contributed by atoms with Crippen molar-refractivity contribution in [3.05, 3.63) is 58.5 Å². The number of fused-ring (bicyclic) bond motifs is 1. The van der Waals surface area contributed by atoms with E-state index >= 15 is 0 Å². The van der Waals surface area contributed by atoms with Crippen molar-refractivity contribution >= 4 is 23.2 Å². The monoisotopic (exact) mass is 359 g/mol. The Morgan fingerprint density at radius 1 is 1.24 bits per heavy atom. The van der Waals surface area contributed by atoms with E-state index in [-0.39, 0.29) is 5.91 Å². The van der Waals surface area contributed by atoms with Crippen LogP contribution in [0.4, 0.5) is 0 Å². The highest BCUT2D eigenvalue weighted by Crippen LogP contribution is 2.24. The molecular formula is C18H18ClN3O3. The third-order valence-electron chi connectivity index (χ3n) is 3.91. The van der Waals surface area contributed by atoms with Gasteiger partial charge < -0.3 is 14.8 Å². The van der Waals surface area contributed by atoms with Crippen LogP contribution in [0.1, 0.15) is 21.7 Å². The molecule has 6 nitrogen and oxygen atoms in total. The maximum atomic E-state index is 12.7. The van der Waals surface area contributed by atoms with Gasteiger partial charge in [0.1, 0.15) is 22.8 Å². The van der Waals surface area contributed by atoms with Gasteiger partial charge in [0.25, 0.3) is 5.91 Å². The molecule has 0 unspecified atom stereocenters. The molecule has 0 aliphatic heterocycles. The lowest BCUT2D eigenvalue weighted by Gasteiger charge is -2.11. The summed E-state index contributed by atoms with van der Waals surface area (Å²) in [7, 11) is 3.17. The van der Waals surface area contributed by atoms with Crippen LogP contribution in [-0.4, -0.2) is 29.5 Å². The van der Waals surface area contributed by atoms with Crippen LogP contribution in [0.25, 0.3) is 5.65 Å². The number of nitrogens with one attached hydrogen (secondary N) is 1. The minimum atomic E-state index is -0.231. The fourth-order valence-electron chi connectivity index (χ4n) is 2.67. The van der Waals surface area contributed by atoms with Crippen molar-refractivity contribution in [2.75, 3.05) is 14.2 Å². The number of amides is 1. The van der Waals surface area contributed by atoms with E-state index in [2.05, 4.69) is 10.3 Å². The molecule has 0 atom stereocenters. The van der Waals surface area contributed by atoms with E-state index in [1.54, 1.807) is 49.9 Å². The van der Waals surface area contributed by atoms with Gasteiger partial charge in [0.15, 0.2) is 0 Å². The number of benzene rings is 1. The van der Waals surface area contributed by atoms with Gasteiger partial charge in [0.2, 0.25) is 0 Å². The number of pyridine rings is 1. The Kier molecular flexibility index (Phi) is 4.81. The Hall–Kier alpha value is -2.73. The number of hydrogen-bond acceptors (Lipinski definition) is 4. The van der Waals surface area contributed by atoms with E-state index in [1.807, 2.05) is 12.1 Å². The minimum Gasteiger partial charge on any atom is -0.497 e. The zero-order valence-corrected chi connectivity index (χ0v) is 14.9. The molecule has 130 valence electrons. The number of imidazole rings is 1. The molecule has 2 aromatic heterocycles. The normalized spacial score (nSPS) is 10.7. The largest absolute Gasteiger partial charge is 0.497 e. The Balaban J connectivity index is 1.84. The van der Waals surface area contributed by atoms with Crippen LogP contribution in [0.3, 0.4) is 0 Å². The van der Waals surface area contributed by atoms with Crippen LogP contribution >= 0.6 is 11.6 Å². The Morgan fingerprint density at radius 3 is 2.76 bits per heavy atom. The van der Waals surface area contributed by atoms with E-state index in [4.69, 9.17) is 21.1 Å². The van der Waals surface area contributed by atoms with Crippen molar-refractivity contribution in [3.63, 3.8) is 0 Å². The SMILES string of the molecule is COc1ccc(CNC(=O)c2c(C)nc3ccc(Cl)cn23)c(OC)c1. The zero-order chi connectivity index (χ0) is 18.0. The third kappa shape index (κ3) is 3.39. The van der Waals surface area contributed by atoms with Gasteiger partial charge >= 0.3 is 0 Å². The quantitative estimate of drug-likeness (QED) is 0.759. The van der Waals surface area contributed by atoms with Gasteiger partial charge in [-0.2, -0.15) is 0 Å². The lowest BCUT2D eigenvalue weighted by molar-refractivity contribution is 0.0944. The maximum Gasteiger partial charge on any atom is 0.270 e. The van der Waals surface area contributed by atoms with Crippen molar-refractivity contribution in [1.29, 1.82) is 0 Å². The standard InChI is InChI=1S/C18H18ClN3O3/c1-11-17(22-10-13(19)5-7-16(22)21-11)18(23)20-9-12-4-6-14(24-2)8-15(12)25-3/h4-8,10H,9H2,1-3H3,(H,20,23). The number of ether oxygens (including phenoxy) is 2. The fourth-order valence-corrected chi connectivity index (χ4v) is 2.83. The molecule has 0 saturated heterocycles. The van der Waals surface area contributed by atoms with Crippen molar-refractivity contribution in [1.82, 2.24) is 14.7 Å². The summed E-state index contributed by atoms with van der Waals surface area (Å²) in [5.74, 6) is 1.11. The molecule has 1 amide bonds. The molecule has 1 N–H and O–H groups in total. The van der Waals surface area contributed by atoms with Gasteiger partial charge in [-0.25, -0.2) is 4.98 Å². The summed E-state index contributed by atoms with van der Waals surface area (Å²) in [5, 5.41) is 3.44. The van der Waals surface area contributed by atoms with Crippen LogP contribution in [0.5, 0.6) is 11.5 Å². The first-order valence-electron chi connectivity index (χ1n) is 7.66. The number of methoxy groups -OCH3 is 2. The number of carbonyl (C=O) groups is 1. The molecule has 0 aliphatic rings. The fraction of sp³-hybridized carbons (Fsp3) is 0.222. The highest BCUT2D eigenvalue weighted by Gasteiger charge is 2.17. The molecule has 2 heterocycles. The number of nitrogens with zero attached hydrogens (tertiary/aromatic N) is 2. The molecule has 0 radical (unpaired) electrons. The Morgan fingerprint density at radius 2 is 2.04 bits per heavy atom. The molecule has 0 fully saturated rings. The molecule has 0 bridgehead atoms. The number of rotatable bonds is 5. The topological polar surface area (TPSA) is 64.9 Å². The molecule has 1 aromatic carbocycles. The van der Waals surface area contributed by atoms with E-state index in [9.17, 15) is 4.79 Å². The predicted molar refractivity (Wildman–Crippen MR) is 95.7 cm³/mol. The second kappa shape index (κ2) is 7.03. The van der Waals surface area contributed by atoms with Crippen LogP contribution in [-0.2, 0) is 6.54 Å². The summed E-state index contributed by atoms with van der Waals surface area (Å²) in [6.45, 7) is 2.11. The van der Waals surface area contributed by atoms with Gasteiger partial charge in [-0.05, 0) is 31.2 Å². The van der Waals surface area contributed by atoms with E-state index in [1.165, 1.54) is 0 Å². The van der Waals surface area contributed by atoms with Crippen molar-refractivity contribution < 1.29 is 14.3 Å². The summed E-state index contributed by atoms with van der Waals surface area (Å²) in [6.07, 6.45) is 1.68. The summed E-state index contributed by atoms with van der Waals surface area (Å²) in [5.41, 5.74) is 2.63. The van der Waals surface area contributed by atoms with E-state index in [0.717, 1.165) is 5.56 Å². The van der Waals surface area contributed by atoms with Gasteiger partial charge in [-0.1, -0.05) is 11.6 Å². The number of aromatic nitrogens is 2. The first-order chi connectivity index (χ1) is 12.0. The van der Waals surface area contributed by atoms with Crippen molar-refractivity contribution in [2.45, 2.75) is 13.5 Å². The first-order valence-corrected chi connectivity index (χ1v) is 8.04. The molecule has 0 aliphatic carbocycles. The lowest BCUT2D eigenvalue weighted by atomic mass is 10.2. The summed E-state index contributed by atoms with van der Waals surface area (Å²) < 4.78 is 12.2. The van der Waals surface area contributed by atoms with Crippen LogP contribution < -0.4 is 14.8 Å². The van der Waals surface area contributed by atoms with Gasteiger partial charge in [-0.15, -0.1) is 0 Å². The third-order valence-corrected chi connectivity index (χ3v) is 4.13. The van der Waals surface area contributed by atoms with Gasteiger partial charge in [-0.3, -0.25) is 9.20 Å². The lowest BCUT2D eigenvalue weighted by Crippen LogP contribution is -2.25. The smallest absolute Gasteiger partial charge is 0.270 e. The first kappa shape index (κ1) is 17.1. The maximum absolute atomic E-state index is 12.7. The highest BCUT2D eigenvalue weighted by molar-refractivity contribution is 6.30. The average Bonchev–Trinajstić information content (AvgIpc) is 2.94. The zero-order valence-electron chi connectivity index (χ0n) is 14.2. The van der Waals surface area contributed by atoms with Gasteiger partial charge in [0.05, 0.1) is 24.9 Å². The number of halogens is 1. The predicted octanol–water partition coefficient (Wildman–Crippen LogP) is 3.24. The van der Waals surface area contributed by atoms with Gasteiger partial charge in [0, 0.05) is 24.4 Å². The number of hydrogen-bond donors (Lipinski definition) is 1. The van der Waals surface area contributed by atoms with Crippen LogP contribution in [0.15, 0.2) is 36.5 Å². The summed E-state index contributed by atoms with van der Waals surface area (Å²) >= 11 is 6.04. The molecule has 3 rings (SSSR count). The van der Waals surface area contributed by atoms with E-state index < -0.39 is 0 Å². The second-order valence-electron chi connectivity index (χ2n) is 5.48. The average molecular weight is 360 g/mol. The highest BCUT2D eigenvalue weighted by atomic mass is 35.5. The van der Waals surface area contributed by atoms with E-state index in [0.29, 0.717) is 40.1 Å². The number of aryl methyl sites for hydroxylation is 1. The Labute approximate surface area is 150 Å². The minimum absolute atomic E-state index is 0.231. The van der Waals surface area contributed by atoms with Crippen molar-refractivity contribution in [3.8, 4) is 11.5 Å². The number of carbonyl (C=O) groups excluding carboxylic acids is 1. The molecule has 0 spiro atoms. The summed E-state index contributed by atoms with van der Waals surface area (Å²) in [6, 6.07) is 8.98. The molecule has 0 saturated carbocycles. The van der Waals surface area contributed by atoms with Crippen LogP contribution in [0.2, 0.25) is 5.02 Å². The van der Waals surface area contributed by atoms with Crippen molar-refractivity contribution in [2.24, 2.45) is 0 Å². The van der Waals surface area contributed by atoms with Crippen LogP contribution in [0, 0.1) is 6.92 Å². The molecular weight excluding hydrogens is 342 g/mol. The summed E-state index contributed by atoms with van der Waals surface area (Å²) in [4.78, 5) is 17.1. The Bertz CT molecular complexity index is 937. The molecule has 25 heavy (non-hydrogen) atoms.